The SMILES string of the molecule is CN1CCCC(N(C)C(=O)[C@@H](N)c2ccccc2)C1. The summed E-state index contributed by atoms with van der Waals surface area (Å²) < 4.78 is 0. The lowest BCUT2D eigenvalue weighted by atomic mass is 10.0. The van der Waals surface area contributed by atoms with E-state index in [1.807, 2.05) is 42.3 Å². The number of likely N-dealkylation sites (tertiary alicyclic amines) is 1. The molecule has 4 heteroatoms. The van der Waals surface area contributed by atoms with Gasteiger partial charge in [-0.05, 0) is 32.0 Å². The summed E-state index contributed by atoms with van der Waals surface area (Å²) in [5.74, 6) is 0.00602. The van der Waals surface area contributed by atoms with Gasteiger partial charge in [0.05, 0.1) is 0 Å². The average molecular weight is 261 g/mol. The van der Waals surface area contributed by atoms with E-state index in [1.54, 1.807) is 0 Å². The van der Waals surface area contributed by atoms with Gasteiger partial charge >= 0.3 is 0 Å². The third-order valence-electron chi connectivity index (χ3n) is 3.92. The van der Waals surface area contributed by atoms with E-state index in [0.717, 1.165) is 31.5 Å². The quantitative estimate of drug-likeness (QED) is 0.890. The summed E-state index contributed by atoms with van der Waals surface area (Å²) in [6.45, 7) is 2.05. The smallest absolute Gasteiger partial charge is 0.244 e. The second-order valence-corrected chi connectivity index (χ2v) is 5.40. The molecule has 0 radical (unpaired) electrons. The second kappa shape index (κ2) is 6.17. The molecule has 2 atom stereocenters. The predicted octanol–water partition coefficient (Wildman–Crippen LogP) is 1.24. The van der Waals surface area contributed by atoms with Crippen LogP contribution in [0.5, 0.6) is 0 Å². The Labute approximate surface area is 115 Å². The number of piperidine rings is 1. The van der Waals surface area contributed by atoms with Crippen LogP contribution in [0.15, 0.2) is 30.3 Å². The van der Waals surface area contributed by atoms with Gasteiger partial charge in [-0.1, -0.05) is 30.3 Å². The minimum absolute atomic E-state index is 0.00602. The summed E-state index contributed by atoms with van der Waals surface area (Å²) >= 11 is 0. The van der Waals surface area contributed by atoms with E-state index < -0.39 is 6.04 Å². The molecule has 2 rings (SSSR count). The molecule has 1 aliphatic rings. The number of likely N-dealkylation sites (N-methyl/N-ethyl adjacent to an activating group) is 2. The van der Waals surface area contributed by atoms with Gasteiger partial charge in [-0.3, -0.25) is 4.79 Å². The molecule has 1 unspecified atom stereocenters. The van der Waals surface area contributed by atoms with E-state index in [2.05, 4.69) is 11.9 Å². The highest BCUT2D eigenvalue weighted by molar-refractivity contribution is 5.83. The highest BCUT2D eigenvalue weighted by Gasteiger charge is 2.28. The number of nitrogens with two attached hydrogens (primary N) is 1. The molecule has 1 fully saturated rings. The molecule has 1 aliphatic heterocycles. The van der Waals surface area contributed by atoms with E-state index >= 15 is 0 Å². The molecule has 1 aromatic rings. The molecule has 0 aliphatic carbocycles. The number of carbonyl (C=O) groups is 1. The fourth-order valence-corrected chi connectivity index (χ4v) is 2.66. The summed E-state index contributed by atoms with van der Waals surface area (Å²) in [5.41, 5.74) is 6.95. The molecule has 0 bridgehead atoms. The molecule has 1 amide bonds. The van der Waals surface area contributed by atoms with Crippen molar-refractivity contribution in [3.63, 3.8) is 0 Å². The Hall–Kier alpha value is -1.39. The Morgan fingerprint density at radius 1 is 1.42 bits per heavy atom. The van der Waals surface area contributed by atoms with Crippen LogP contribution in [-0.2, 0) is 4.79 Å². The molecule has 19 heavy (non-hydrogen) atoms. The summed E-state index contributed by atoms with van der Waals surface area (Å²) in [7, 11) is 3.97. The minimum atomic E-state index is -0.557. The highest BCUT2D eigenvalue weighted by atomic mass is 16.2. The Bertz CT molecular complexity index is 421. The van der Waals surface area contributed by atoms with E-state index in [-0.39, 0.29) is 11.9 Å². The van der Waals surface area contributed by atoms with E-state index in [9.17, 15) is 4.79 Å². The minimum Gasteiger partial charge on any atom is -0.340 e. The van der Waals surface area contributed by atoms with Gasteiger partial charge in [0.1, 0.15) is 6.04 Å². The largest absolute Gasteiger partial charge is 0.340 e. The Balaban J connectivity index is 2.02. The van der Waals surface area contributed by atoms with Crippen LogP contribution in [0, 0.1) is 0 Å². The van der Waals surface area contributed by atoms with Crippen LogP contribution in [0.4, 0.5) is 0 Å². The molecule has 2 N–H and O–H groups in total. The molecule has 0 aromatic heterocycles. The summed E-state index contributed by atoms with van der Waals surface area (Å²) in [4.78, 5) is 16.5. The summed E-state index contributed by atoms with van der Waals surface area (Å²) in [5, 5.41) is 0. The summed E-state index contributed by atoms with van der Waals surface area (Å²) in [6.07, 6.45) is 2.20. The second-order valence-electron chi connectivity index (χ2n) is 5.40. The van der Waals surface area contributed by atoms with Crippen molar-refractivity contribution < 1.29 is 4.79 Å². The van der Waals surface area contributed by atoms with Crippen molar-refractivity contribution >= 4 is 5.91 Å². The molecule has 0 saturated carbocycles. The van der Waals surface area contributed by atoms with E-state index in [4.69, 9.17) is 5.73 Å². The Morgan fingerprint density at radius 3 is 2.74 bits per heavy atom. The fraction of sp³-hybridized carbons (Fsp3) is 0.533. The normalized spacial score (nSPS) is 21.9. The van der Waals surface area contributed by atoms with Crippen LogP contribution in [0.1, 0.15) is 24.4 Å². The standard InChI is InChI=1S/C15H23N3O/c1-17-10-6-9-13(11-17)18(2)15(19)14(16)12-7-4-3-5-8-12/h3-5,7-8,13-14H,6,9-11,16H2,1-2H3/t13?,14-/m0/s1. The number of rotatable bonds is 3. The maximum absolute atomic E-state index is 12.4. The lowest BCUT2D eigenvalue weighted by molar-refractivity contribution is -0.134. The van der Waals surface area contributed by atoms with Crippen LogP contribution in [-0.4, -0.2) is 48.9 Å². The van der Waals surface area contributed by atoms with Gasteiger partial charge < -0.3 is 15.5 Å². The zero-order valence-corrected chi connectivity index (χ0v) is 11.7. The van der Waals surface area contributed by atoms with Crippen molar-refractivity contribution in [1.82, 2.24) is 9.80 Å². The van der Waals surface area contributed by atoms with Crippen molar-refractivity contribution in [1.29, 1.82) is 0 Å². The van der Waals surface area contributed by atoms with Crippen molar-refractivity contribution in [3.8, 4) is 0 Å². The zero-order valence-electron chi connectivity index (χ0n) is 11.7. The van der Waals surface area contributed by atoms with Crippen LogP contribution in [0.25, 0.3) is 0 Å². The Kier molecular flexibility index (Phi) is 4.56. The molecular weight excluding hydrogens is 238 g/mol. The van der Waals surface area contributed by atoms with Gasteiger partial charge in [0.25, 0.3) is 0 Å². The topological polar surface area (TPSA) is 49.6 Å². The average Bonchev–Trinajstić information content (AvgIpc) is 2.46. The number of benzene rings is 1. The Morgan fingerprint density at radius 2 is 2.11 bits per heavy atom. The monoisotopic (exact) mass is 261 g/mol. The van der Waals surface area contributed by atoms with Gasteiger partial charge in [0.15, 0.2) is 0 Å². The van der Waals surface area contributed by atoms with Gasteiger partial charge in [-0.15, -0.1) is 0 Å². The van der Waals surface area contributed by atoms with E-state index in [0.29, 0.717) is 0 Å². The third kappa shape index (κ3) is 3.33. The molecular formula is C15H23N3O. The predicted molar refractivity (Wildman–Crippen MR) is 76.7 cm³/mol. The van der Waals surface area contributed by atoms with Crippen LogP contribution < -0.4 is 5.73 Å². The van der Waals surface area contributed by atoms with Crippen LogP contribution in [0.3, 0.4) is 0 Å². The first-order chi connectivity index (χ1) is 9.09. The highest BCUT2D eigenvalue weighted by Crippen LogP contribution is 2.18. The van der Waals surface area contributed by atoms with E-state index in [1.165, 1.54) is 0 Å². The first kappa shape index (κ1) is 14.0. The van der Waals surface area contributed by atoms with Gasteiger partial charge in [-0.2, -0.15) is 0 Å². The lowest BCUT2D eigenvalue weighted by Gasteiger charge is -2.36. The van der Waals surface area contributed by atoms with Gasteiger partial charge in [-0.25, -0.2) is 0 Å². The summed E-state index contributed by atoms with van der Waals surface area (Å²) in [6, 6.07) is 9.29. The van der Waals surface area contributed by atoms with Crippen LogP contribution in [0.2, 0.25) is 0 Å². The molecule has 104 valence electrons. The maximum Gasteiger partial charge on any atom is 0.244 e. The zero-order chi connectivity index (χ0) is 13.8. The molecule has 1 aromatic carbocycles. The number of hydrogen-bond acceptors (Lipinski definition) is 3. The van der Waals surface area contributed by atoms with Crippen LogP contribution >= 0.6 is 0 Å². The maximum atomic E-state index is 12.4. The third-order valence-corrected chi connectivity index (χ3v) is 3.92. The lowest BCUT2D eigenvalue weighted by Crippen LogP contribution is -2.49. The fourth-order valence-electron chi connectivity index (χ4n) is 2.66. The van der Waals surface area contributed by atoms with Crippen molar-refractivity contribution in [2.75, 3.05) is 27.2 Å². The molecule has 0 spiro atoms. The number of amides is 1. The van der Waals surface area contributed by atoms with Gasteiger partial charge in [0, 0.05) is 19.6 Å². The van der Waals surface area contributed by atoms with Crippen molar-refractivity contribution in [2.45, 2.75) is 24.9 Å². The number of nitrogens with zero attached hydrogens (tertiary/aromatic N) is 2. The van der Waals surface area contributed by atoms with Crippen molar-refractivity contribution in [3.05, 3.63) is 35.9 Å². The first-order valence-corrected chi connectivity index (χ1v) is 6.85. The number of hydrogen-bond donors (Lipinski definition) is 1. The van der Waals surface area contributed by atoms with Gasteiger partial charge in [0.2, 0.25) is 5.91 Å². The van der Waals surface area contributed by atoms with Crippen molar-refractivity contribution in [2.24, 2.45) is 5.73 Å². The first-order valence-electron chi connectivity index (χ1n) is 6.85. The number of carbonyl (C=O) groups excluding carboxylic acids is 1. The molecule has 4 nitrogen and oxygen atoms in total. The molecule has 1 saturated heterocycles. The molecule has 1 heterocycles.